The Morgan fingerprint density at radius 2 is 2.29 bits per heavy atom. The first-order valence-corrected chi connectivity index (χ1v) is 6.46. The van der Waals surface area contributed by atoms with Crippen LogP contribution in [0.4, 0.5) is 9.18 Å². The summed E-state index contributed by atoms with van der Waals surface area (Å²) in [5.41, 5.74) is -0.443. The number of urea groups is 1. The SMILES string of the molecule is N#Cc1cc(F)ccc1CN1C(=O)NC2(CCOC2)C1=O. The second-order valence-corrected chi connectivity index (χ2v) is 5.12. The van der Waals surface area contributed by atoms with Gasteiger partial charge in [0, 0.05) is 13.0 Å². The fourth-order valence-electron chi connectivity index (χ4n) is 2.61. The summed E-state index contributed by atoms with van der Waals surface area (Å²) in [5.74, 6) is -0.897. The number of nitrogens with one attached hydrogen (secondary N) is 1. The minimum absolute atomic E-state index is 0.0599. The Bertz CT molecular complexity index is 662. The number of amides is 3. The van der Waals surface area contributed by atoms with E-state index in [0.717, 1.165) is 11.0 Å². The molecule has 3 rings (SSSR count). The quantitative estimate of drug-likeness (QED) is 0.820. The first-order chi connectivity index (χ1) is 10.1. The largest absolute Gasteiger partial charge is 0.378 e. The molecule has 6 nitrogen and oxygen atoms in total. The maximum atomic E-state index is 13.1. The number of nitriles is 1. The molecule has 0 radical (unpaired) electrons. The predicted octanol–water partition coefficient (Wildman–Crippen LogP) is 0.908. The topological polar surface area (TPSA) is 82.4 Å². The number of nitrogens with zero attached hydrogens (tertiary/aromatic N) is 2. The Morgan fingerprint density at radius 1 is 1.48 bits per heavy atom. The van der Waals surface area contributed by atoms with Gasteiger partial charge < -0.3 is 10.1 Å². The molecule has 21 heavy (non-hydrogen) atoms. The molecule has 2 aliphatic rings. The third-order valence-electron chi connectivity index (χ3n) is 3.79. The molecule has 0 aromatic heterocycles. The number of rotatable bonds is 2. The zero-order valence-electron chi connectivity index (χ0n) is 11.1. The number of carbonyl (C=O) groups excluding carboxylic acids is 2. The molecule has 2 heterocycles. The van der Waals surface area contributed by atoms with Gasteiger partial charge in [0.25, 0.3) is 5.91 Å². The van der Waals surface area contributed by atoms with Crippen molar-refractivity contribution in [1.82, 2.24) is 10.2 Å². The second kappa shape index (κ2) is 4.82. The Balaban J connectivity index is 1.87. The van der Waals surface area contributed by atoms with Gasteiger partial charge in [-0.25, -0.2) is 9.18 Å². The fourth-order valence-corrected chi connectivity index (χ4v) is 2.61. The third-order valence-corrected chi connectivity index (χ3v) is 3.79. The molecule has 7 heteroatoms. The monoisotopic (exact) mass is 289 g/mol. The van der Waals surface area contributed by atoms with Crippen LogP contribution in [0.3, 0.4) is 0 Å². The van der Waals surface area contributed by atoms with E-state index in [1.165, 1.54) is 12.1 Å². The summed E-state index contributed by atoms with van der Waals surface area (Å²) in [6.45, 7) is 0.512. The summed E-state index contributed by atoms with van der Waals surface area (Å²) in [7, 11) is 0. The summed E-state index contributed by atoms with van der Waals surface area (Å²) in [6.07, 6.45) is 0.433. The van der Waals surface area contributed by atoms with Gasteiger partial charge in [0.1, 0.15) is 11.4 Å². The van der Waals surface area contributed by atoms with Crippen LogP contribution < -0.4 is 5.32 Å². The molecule has 3 amide bonds. The Morgan fingerprint density at radius 3 is 2.95 bits per heavy atom. The standard InChI is InChI=1S/C14H12FN3O3/c15-11-2-1-9(10(5-11)6-16)7-18-12(19)14(17-13(18)20)3-4-21-8-14/h1-2,5H,3-4,7-8H2,(H,17,20). The highest BCUT2D eigenvalue weighted by Crippen LogP contribution is 2.28. The fraction of sp³-hybridized carbons (Fsp3) is 0.357. The van der Waals surface area contributed by atoms with Crippen LogP contribution in [0.25, 0.3) is 0 Å². The molecule has 2 aliphatic heterocycles. The van der Waals surface area contributed by atoms with Crippen molar-refractivity contribution in [3.8, 4) is 6.07 Å². The molecule has 1 aromatic rings. The molecule has 0 bridgehead atoms. The van der Waals surface area contributed by atoms with E-state index < -0.39 is 17.4 Å². The molecular formula is C14H12FN3O3. The number of carbonyl (C=O) groups is 2. The lowest BCUT2D eigenvalue weighted by Crippen LogP contribution is -2.47. The van der Waals surface area contributed by atoms with Gasteiger partial charge >= 0.3 is 6.03 Å². The van der Waals surface area contributed by atoms with Gasteiger partial charge in [-0.05, 0) is 17.7 Å². The van der Waals surface area contributed by atoms with Crippen molar-refractivity contribution in [2.75, 3.05) is 13.2 Å². The molecule has 1 N–H and O–H groups in total. The van der Waals surface area contributed by atoms with Crippen LogP contribution in [0.5, 0.6) is 0 Å². The van der Waals surface area contributed by atoms with E-state index >= 15 is 0 Å². The molecule has 2 saturated heterocycles. The lowest BCUT2D eigenvalue weighted by atomic mass is 9.99. The molecule has 2 fully saturated rings. The number of hydrogen-bond acceptors (Lipinski definition) is 4. The summed E-state index contributed by atoms with van der Waals surface area (Å²) in [6, 6.07) is 5.04. The molecular weight excluding hydrogens is 277 g/mol. The van der Waals surface area contributed by atoms with Gasteiger partial charge in [-0.1, -0.05) is 6.07 Å². The van der Waals surface area contributed by atoms with Crippen molar-refractivity contribution < 1.29 is 18.7 Å². The third kappa shape index (κ3) is 2.14. The maximum absolute atomic E-state index is 13.1. The molecule has 108 valence electrons. The number of halogens is 1. The Labute approximate surface area is 120 Å². The minimum atomic E-state index is -0.982. The van der Waals surface area contributed by atoms with Crippen LogP contribution in [0, 0.1) is 17.1 Å². The number of hydrogen-bond donors (Lipinski definition) is 1. The average molecular weight is 289 g/mol. The van der Waals surface area contributed by atoms with Gasteiger partial charge in [-0.15, -0.1) is 0 Å². The zero-order valence-corrected chi connectivity index (χ0v) is 11.1. The summed E-state index contributed by atoms with van der Waals surface area (Å²) in [5, 5.41) is 11.7. The predicted molar refractivity (Wildman–Crippen MR) is 68.4 cm³/mol. The van der Waals surface area contributed by atoms with Crippen LogP contribution in [0.15, 0.2) is 18.2 Å². The van der Waals surface area contributed by atoms with E-state index in [2.05, 4.69) is 5.32 Å². The Hall–Kier alpha value is -2.46. The van der Waals surface area contributed by atoms with Crippen molar-refractivity contribution in [1.29, 1.82) is 5.26 Å². The summed E-state index contributed by atoms with van der Waals surface area (Å²) < 4.78 is 18.3. The molecule has 0 aliphatic carbocycles. The molecule has 1 unspecified atom stereocenters. The van der Waals surface area contributed by atoms with E-state index in [0.29, 0.717) is 18.6 Å². The molecule has 1 atom stereocenters. The van der Waals surface area contributed by atoms with Crippen molar-refractivity contribution in [2.24, 2.45) is 0 Å². The normalized spacial score (nSPS) is 24.5. The van der Waals surface area contributed by atoms with E-state index in [1.54, 1.807) is 0 Å². The van der Waals surface area contributed by atoms with E-state index in [-0.39, 0.29) is 24.6 Å². The maximum Gasteiger partial charge on any atom is 0.325 e. The summed E-state index contributed by atoms with van der Waals surface area (Å²) in [4.78, 5) is 25.5. The van der Waals surface area contributed by atoms with Crippen molar-refractivity contribution in [2.45, 2.75) is 18.5 Å². The van der Waals surface area contributed by atoms with Gasteiger partial charge in [0.2, 0.25) is 0 Å². The van der Waals surface area contributed by atoms with Crippen molar-refractivity contribution in [3.05, 3.63) is 35.1 Å². The lowest BCUT2D eigenvalue weighted by Gasteiger charge is -2.18. The van der Waals surface area contributed by atoms with Crippen LogP contribution >= 0.6 is 0 Å². The average Bonchev–Trinajstić information content (AvgIpc) is 3.02. The van der Waals surface area contributed by atoms with Crippen molar-refractivity contribution >= 4 is 11.9 Å². The molecule has 1 aromatic carbocycles. The lowest BCUT2D eigenvalue weighted by molar-refractivity contribution is -0.131. The van der Waals surface area contributed by atoms with Crippen molar-refractivity contribution in [3.63, 3.8) is 0 Å². The molecule has 1 spiro atoms. The first-order valence-electron chi connectivity index (χ1n) is 6.46. The smallest absolute Gasteiger partial charge is 0.325 e. The van der Waals surface area contributed by atoms with Gasteiger partial charge in [0.05, 0.1) is 24.8 Å². The van der Waals surface area contributed by atoms with E-state index in [4.69, 9.17) is 10.00 Å². The van der Waals surface area contributed by atoms with E-state index in [1.807, 2.05) is 6.07 Å². The van der Waals surface area contributed by atoms with Crippen LogP contribution in [-0.2, 0) is 16.1 Å². The van der Waals surface area contributed by atoms with Gasteiger partial charge in [-0.3, -0.25) is 9.69 Å². The highest BCUT2D eigenvalue weighted by atomic mass is 19.1. The second-order valence-electron chi connectivity index (χ2n) is 5.12. The van der Waals surface area contributed by atoms with Crippen LogP contribution in [0.1, 0.15) is 17.5 Å². The zero-order chi connectivity index (χ0) is 15.0. The van der Waals surface area contributed by atoms with Gasteiger partial charge in [-0.2, -0.15) is 5.26 Å². The highest BCUT2D eigenvalue weighted by molar-refractivity contribution is 6.07. The Kier molecular flexibility index (Phi) is 3.11. The number of ether oxygens (including phenoxy) is 1. The van der Waals surface area contributed by atoms with Gasteiger partial charge in [0.15, 0.2) is 0 Å². The minimum Gasteiger partial charge on any atom is -0.378 e. The first kappa shape index (κ1) is 13.5. The van der Waals surface area contributed by atoms with E-state index in [9.17, 15) is 14.0 Å². The van der Waals surface area contributed by atoms with Crippen LogP contribution in [0.2, 0.25) is 0 Å². The number of imide groups is 1. The van der Waals surface area contributed by atoms with Crippen LogP contribution in [-0.4, -0.2) is 35.6 Å². The number of benzene rings is 1. The summed E-state index contributed by atoms with van der Waals surface area (Å²) >= 11 is 0. The highest BCUT2D eigenvalue weighted by Gasteiger charge is 2.53. The molecule has 0 saturated carbocycles.